The molecule has 0 N–H and O–H groups in total. The molecule has 0 atom stereocenters. The molecule has 0 spiro atoms. The molecule has 27 heavy (non-hydrogen) atoms. The number of hydrogen-bond donors (Lipinski definition) is 0. The van der Waals surface area contributed by atoms with Crippen molar-refractivity contribution < 1.29 is 40.7 Å². The van der Waals surface area contributed by atoms with Gasteiger partial charge in [0.25, 0.3) is 0 Å². The maximum absolute atomic E-state index is 12.1. The minimum atomic E-state index is -4.77. The summed E-state index contributed by atoms with van der Waals surface area (Å²) in [6, 6.07) is 10.1. The first-order valence-electron chi connectivity index (χ1n) is 7.39. The Morgan fingerprint density at radius 3 is 1.67 bits per heavy atom. The lowest BCUT2D eigenvalue weighted by atomic mass is 10.1. The highest BCUT2D eigenvalue weighted by atomic mass is 19.4. The van der Waals surface area contributed by atoms with Crippen LogP contribution in [-0.4, -0.2) is 18.4 Å². The number of halogens is 6. The van der Waals surface area contributed by atoms with Gasteiger partial charge in [-0.3, -0.25) is 0 Å². The summed E-state index contributed by atoms with van der Waals surface area (Å²) in [6.45, 7) is 1.57. The Morgan fingerprint density at radius 1 is 0.778 bits per heavy atom. The van der Waals surface area contributed by atoms with Crippen LogP contribution in [0, 0.1) is 0 Å². The molecule has 2 rings (SSSR count). The van der Waals surface area contributed by atoms with Gasteiger partial charge in [-0.2, -0.15) is 0 Å². The van der Waals surface area contributed by atoms with Crippen LogP contribution in [0.15, 0.2) is 53.7 Å². The minimum absolute atomic E-state index is 0.0150. The molecule has 0 saturated carbocycles. The average Bonchev–Trinajstić information content (AvgIpc) is 2.54. The van der Waals surface area contributed by atoms with Gasteiger partial charge in [0.2, 0.25) is 0 Å². The third-order valence-corrected chi connectivity index (χ3v) is 3.10. The molecule has 0 saturated heterocycles. The van der Waals surface area contributed by atoms with Crippen LogP contribution in [0.2, 0.25) is 0 Å². The van der Waals surface area contributed by atoms with Crippen LogP contribution in [-0.2, 0) is 11.4 Å². The van der Waals surface area contributed by atoms with Gasteiger partial charge in [0, 0.05) is 0 Å². The highest BCUT2D eigenvalue weighted by Crippen LogP contribution is 2.24. The third kappa shape index (κ3) is 7.47. The third-order valence-electron chi connectivity index (χ3n) is 3.10. The van der Waals surface area contributed by atoms with Crippen LogP contribution in [0.1, 0.15) is 18.1 Å². The van der Waals surface area contributed by atoms with Crippen molar-refractivity contribution in [2.45, 2.75) is 26.3 Å². The number of ether oxygens (including phenoxy) is 2. The fraction of sp³-hybridized carbons (Fsp3) is 0.235. The molecule has 0 aliphatic carbocycles. The van der Waals surface area contributed by atoms with Gasteiger partial charge in [0.15, 0.2) is 0 Å². The summed E-state index contributed by atoms with van der Waals surface area (Å²) in [6.07, 6.45) is -9.53. The summed E-state index contributed by atoms with van der Waals surface area (Å²) >= 11 is 0. The lowest BCUT2D eigenvalue weighted by molar-refractivity contribution is -0.275. The molecule has 0 heterocycles. The SMILES string of the molecule is CC(=NOCc1ccc(OC(F)(F)F)cc1)c1ccc(OC(F)(F)F)cc1. The van der Waals surface area contributed by atoms with E-state index in [2.05, 4.69) is 14.6 Å². The molecule has 4 nitrogen and oxygen atoms in total. The quantitative estimate of drug-likeness (QED) is 0.374. The van der Waals surface area contributed by atoms with E-state index in [0.29, 0.717) is 16.8 Å². The normalized spacial score (nSPS) is 12.6. The summed E-state index contributed by atoms with van der Waals surface area (Å²) in [5.74, 6) is -0.715. The summed E-state index contributed by atoms with van der Waals surface area (Å²) in [4.78, 5) is 5.10. The Balaban J connectivity index is 1.90. The second-order valence-electron chi connectivity index (χ2n) is 5.21. The van der Waals surface area contributed by atoms with Gasteiger partial charge in [-0.1, -0.05) is 17.3 Å². The molecule has 0 amide bonds. The first-order chi connectivity index (χ1) is 12.5. The molecule has 2 aromatic carbocycles. The lowest BCUT2D eigenvalue weighted by Crippen LogP contribution is -2.17. The first-order valence-corrected chi connectivity index (χ1v) is 7.39. The Labute approximate surface area is 149 Å². The standard InChI is InChI=1S/C17H13F6NO3/c1-11(13-4-8-15(9-5-13)27-17(21,22)23)24-25-10-12-2-6-14(7-3-12)26-16(18,19)20/h2-9H,10H2,1H3. The monoisotopic (exact) mass is 393 g/mol. The number of hydrogen-bond acceptors (Lipinski definition) is 4. The minimum Gasteiger partial charge on any atom is -0.406 e. The zero-order chi connectivity index (χ0) is 20.1. The fourth-order valence-electron chi connectivity index (χ4n) is 1.94. The Morgan fingerprint density at radius 2 is 1.22 bits per heavy atom. The molecular weight excluding hydrogens is 380 g/mol. The maximum Gasteiger partial charge on any atom is 0.573 e. The average molecular weight is 393 g/mol. The molecule has 0 radical (unpaired) electrons. The van der Waals surface area contributed by atoms with Crippen LogP contribution < -0.4 is 9.47 Å². The van der Waals surface area contributed by atoms with Gasteiger partial charge in [-0.15, -0.1) is 26.3 Å². The van der Waals surface area contributed by atoms with E-state index in [-0.39, 0.29) is 18.1 Å². The van der Waals surface area contributed by atoms with Crippen molar-refractivity contribution in [3.8, 4) is 11.5 Å². The van der Waals surface area contributed by atoms with Crippen molar-refractivity contribution >= 4 is 5.71 Å². The molecule has 146 valence electrons. The maximum atomic E-state index is 12.1. The van der Waals surface area contributed by atoms with Gasteiger partial charge in [0.05, 0.1) is 5.71 Å². The van der Waals surface area contributed by atoms with Gasteiger partial charge in [0.1, 0.15) is 18.1 Å². The molecule has 2 aromatic rings. The van der Waals surface area contributed by atoms with E-state index in [1.54, 1.807) is 6.92 Å². The van der Waals surface area contributed by atoms with Crippen LogP contribution in [0.3, 0.4) is 0 Å². The molecular formula is C17H13F6NO3. The molecule has 0 aliphatic rings. The Hall–Kier alpha value is -2.91. The van der Waals surface area contributed by atoms with Crippen molar-refractivity contribution in [1.29, 1.82) is 0 Å². The van der Waals surface area contributed by atoms with Gasteiger partial charge < -0.3 is 14.3 Å². The summed E-state index contributed by atoms with van der Waals surface area (Å²) in [5, 5.41) is 3.82. The van der Waals surface area contributed by atoms with Crippen molar-refractivity contribution in [2.24, 2.45) is 5.16 Å². The summed E-state index contributed by atoms with van der Waals surface area (Å²) < 4.78 is 80.0. The molecule has 0 bridgehead atoms. The highest BCUT2D eigenvalue weighted by molar-refractivity contribution is 5.98. The van der Waals surface area contributed by atoms with Crippen molar-refractivity contribution in [1.82, 2.24) is 0 Å². The van der Waals surface area contributed by atoms with Crippen LogP contribution in [0.25, 0.3) is 0 Å². The van der Waals surface area contributed by atoms with E-state index >= 15 is 0 Å². The second kappa shape index (κ2) is 8.19. The topological polar surface area (TPSA) is 40.0 Å². The van der Waals surface area contributed by atoms with E-state index in [0.717, 1.165) is 24.3 Å². The van der Waals surface area contributed by atoms with Crippen LogP contribution in [0.5, 0.6) is 11.5 Å². The zero-order valence-corrected chi connectivity index (χ0v) is 13.8. The Bertz CT molecular complexity index is 767. The number of rotatable bonds is 6. The highest BCUT2D eigenvalue weighted by Gasteiger charge is 2.31. The number of benzene rings is 2. The summed E-state index contributed by atoms with van der Waals surface area (Å²) in [5.41, 5.74) is 1.46. The van der Waals surface area contributed by atoms with E-state index in [4.69, 9.17) is 4.84 Å². The smallest absolute Gasteiger partial charge is 0.406 e. The lowest BCUT2D eigenvalue weighted by Gasteiger charge is -2.09. The van der Waals surface area contributed by atoms with E-state index < -0.39 is 12.7 Å². The van der Waals surface area contributed by atoms with Crippen LogP contribution >= 0.6 is 0 Å². The van der Waals surface area contributed by atoms with Crippen molar-refractivity contribution in [3.63, 3.8) is 0 Å². The van der Waals surface area contributed by atoms with E-state index in [1.807, 2.05) is 0 Å². The van der Waals surface area contributed by atoms with Crippen LogP contribution in [0.4, 0.5) is 26.3 Å². The first kappa shape index (κ1) is 20.4. The Kier molecular flexibility index (Phi) is 6.19. The number of nitrogens with zero attached hydrogens (tertiary/aromatic N) is 1. The predicted octanol–water partition coefficient (Wildman–Crippen LogP) is 5.42. The number of alkyl halides is 6. The molecule has 0 aliphatic heterocycles. The summed E-state index contributed by atoms with van der Waals surface area (Å²) in [7, 11) is 0. The van der Waals surface area contributed by atoms with Gasteiger partial charge >= 0.3 is 12.7 Å². The van der Waals surface area contributed by atoms with Crippen molar-refractivity contribution in [3.05, 3.63) is 59.7 Å². The molecule has 0 unspecified atom stereocenters. The van der Waals surface area contributed by atoms with Gasteiger partial charge in [-0.05, 0) is 54.4 Å². The molecule has 0 aromatic heterocycles. The van der Waals surface area contributed by atoms with E-state index in [9.17, 15) is 26.3 Å². The van der Waals surface area contributed by atoms with Gasteiger partial charge in [-0.25, -0.2) is 0 Å². The second-order valence-corrected chi connectivity index (χ2v) is 5.21. The fourth-order valence-corrected chi connectivity index (χ4v) is 1.94. The predicted molar refractivity (Wildman–Crippen MR) is 83.3 cm³/mol. The van der Waals surface area contributed by atoms with E-state index in [1.165, 1.54) is 24.3 Å². The largest absolute Gasteiger partial charge is 0.573 e. The number of oxime groups is 1. The molecule has 10 heteroatoms. The van der Waals surface area contributed by atoms with Crippen molar-refractivity contribution in [2.75, 3.05) is 0 Å². The molecule has 0 fully saturated rings. The zero-order valence-electron chi connectivity index (χ0n) is 13.8.